The Hall–Kier alpha value is -1.34. The van der Waals surface area contributed by atoms with Gasteiger partial charge in [-0.1, -0.05) is 140 Å². The standard InChI is InChI=1S/C33H52O.H4O7P2/c1-28(2,3)22-16-18-24(26(20-22)30(7,8)9)33(34,32(13,14)15)25-19-17-23(29(4,5)6)21-27(25)31(10,11)12;1-8(2,3)7-9(4,5)6/h16-21,34H,1-15H3;(H2,1,2,3)(H2,4,5,6). The molecule has 10 heteroatoms. The third kappa shape index (κ3) is 10.6. The van der Waals surface area contributed by atoms with Crippen LogP contribution in [0.5, 0.6) is 0 Å². The molecular formula is C33H56O8P2. The number of rotatable bonds is 4. The zero-order chi connectivity index (χ0) is 34.4. The minimum absolute atomic E-state index is 0.0449. The molecule has 246 valence electrons. The lowest BCUT2D eigenvalue weighted by molar-refractivity contribution is -0.0285. The van der Waals surface area contributed by atoms with E-state index < -0.39 is 26.7 Å². The van der Waals surface area contributed by atoms with Crippen molar-refractivity contribution >= 4 is 15.6 Å². The van der Waals surface area contributed by atoms with E-state index in [0.29, 0.717) is 0 Å². The van der Waals surface area contributed by atoms with Crippen LogP contribution < -0.4 is 0 Å². The van der Waals surface area contributed by atoms with Gasteiger partial charge in [0, 0.05) is 0 Å². The molecule has 0 unspecified atom stereocenters. The first-order valence-corrected chi connectivity index (χ1v) is 17.5. The van der Waals surface area contributed by atoms with Crippen molar-refractivity contribution < 1.29 is 38.1 Å². The molecule has 0 saturated carbocycles. The molecule has 0 aliphatic rings. The van der Waals surface area contributed by atoms with Crippen molar-refractivity contribution in [3.63, 3.8) is 0 Å². The molecule has 0 heterocycles. The van der Waals surface area contributed by atoms with Crippen molar-refractivity contribution in [1.29, 1.82) is 0 Å². The van der Waals surface area contributed by atoms with Gasteiger partial charge in [-0.05, 0) is 60.5 Å². The molecule has 2 aromatic carbocycles. The molecule has 2 aromatic rings. The van der Waals surface area contributed by atoms with Crippen molar-refractivity contribution in [3.8, 4) is 0 Å². The highest BCUT2D eigenvalue weighted by atomic mass is 31.3. The maximum Gasteiger partial charge on any atom is 0.478 e. The van der Waals surface area contributed by atoms with Gasteiger partial charge >= 0.3 is 15.6 Å². The monoisotopic (exact) mass is 642 g/mol. The van der Waals surface area contributed by atoms with E-state index in [0.717, 1.165) is 11.1 Å². The average Bonchev–Trinajstić information content (AvgIpc) is 2.72. The maximum absolute atomic E-state index is 13.0. The average molecular weight is 643 g/mol. The molecule has 0 atom stereocenters. The van der Waals surface area contributed by atoms with E-state index in [4.69, 9.17) is 19.6 Å². The smallest absolute Gasteiger partial charge is 0.380 e. The lowest BCUT2D eigenvalue weighted by Crippen LogP contribution is -2.44. The Balaban J connectivity index is 0.000000887. The summed E-state index contributed by atoms with van der Waals surface area (Å²) in [5.41, 5.74) is 5.40. The van der Waals surface area contributed by atoms with E-state index in [1.807, 2.05) is 0 Å². The fraction of sp³-hybridized carbons (Fsp3) is 0.636. The topological polar surface area (TPSA) is 145 Å². The predicted octanol–water partition coefficient (Wildman–Crippen LogP) is 8.35. The Labute approximate surface area is 259 Å². The molecule has 0 spiro atoms. The minimum Gasteiger partial charge on any atom is -0.380 e. The van der Waals surface area contributed by atoms with Gasteiger partial charge in [-0.2, -0.15) is 4.31 Å². The van der Waals surface area contributed by atoms with Crippen LogP contribution in [0, 0.1) is 5.41 Å². The summed E-state index contributed by atoms with van der Waals surface area (Å²) in [4.78, 5) is 31.0. The molecule has 0 saturated heterocycles. The molecule has 0 bridgehead atoms. The molecule has 0 aliphatic heterocycles. The minimum atomic E-state index is -5.05. The summed E-state index contributed by atoms with van der Waals surface area (Å²) in [5, 5.41) is 13.0. The van der Waals surface area contributed by atoms with Gasteiger partial charge in [0.2, 0.25) is 0 Å². The third-order valence-corrected chi connectivity index (χ3v) is 9.17. The van der Waals surface area contributed by atoms with Gasteiger partial charge in [0.1, 0.15) is 5.60 Å². The quantitative estimate of drug-likeness (QED) is 0.209. The molecule has 43 heavy (non-hydrogen) atoms. The predicted molar refractivity (Wildman–Crippen MR) is 175 cm³/mol. The van der Waals surface area contributed by atoms with Gasteiger partial charge in [0.25, 0.3) is 0 Å². The van der Waals surface area contributed by atoms with E-state index in [2.05, 4.69) is 145 Å². The summed E-state index contributed by atoms with van der Waals surface area (Å²) >= 11 is 0. The van der Waals surface area contributed by atoms with Crippen LogP contribution in [0.1, 0.15) is 137 Å². The Morgan fingerprint density at radius 2 is 0.767 bits per heavy atom. The van der Waals surface area contributed by atoms with Crippen molar-refractivity contribution in [1.82, 2.24) is 0 Å². The van der Waals surface area contributed by atoms with E-state index in [1.54, 1.807) is 0 Å². The summed E-state index contributed by atoms with van der Waals surface area (Å²) in [5.74, 6) is 0. The van der Waals surface area contributed by atoms with Gasteiger partial charge in [-0.3, -0.25) is 0 Å². The second-order valence-electron chi connectivity index (χ2n) is 16.5. The molecule has 0 aromatic heterocycles. The Kier molecular flexibility index (Phi) is 11.5. The molecule has 0 fully saturated rings. The van der Waals surface area contributed by atoms with E-state index in [-0.39, 0.29) is 21.7 Å². The fourth-order valence-corrected chi connectivity index (χ4v) is 6.09. The molecule has 2 rings (SSSR count). The Bertz CT molecular complexity index is 1270. The first-order valence-electron chi connectivity index (χ1n) is 14.5. The van der Waals surface area contributed by atoms with Crippen LogP contribution in [-0.2, 0) is 40.7 Å². The number of hydrogen-bond acceptors (Lipinski definition) is 4. The molecule has 5 N–H and O–H groups in total. The highest BCUT2D eigenvalue weighted by Gasteiger charge is 2.48. The Morgan fingerprint density at radius 3 is 0.930 bits per heavy atom. The van der Waals surface area contributed by atoms with Crippen molar-refractivity contribution in [3.05, 3.63) is 69.8 Å². The van der Waals surface area contributed by atoms with Crippen LogP contribution in [0.25, 0.3) is 0 Å². The second kappa shape index (κ2) is 12.5. The van der Waals surface area contributed by atoms with Crippen LogP contribution in [0.2, 0.25) is 0 Å². The Morgan fingerprint density at radius 1 is 0.488 bits per heavy atom. The van der Waals surface area contributed by atoms with Gasteiger partial charge in [0.05, 0.1) is 0 Å². The number of aliphatic hydroxyl groups is 1. The molecular weight excluding hydrogens is 586 g/mol. The van der Waals surface area contributed by atoms with Crippen LogP contribution in [-0.4, -0.2) is 24.7 Å². The number of benzene rings is 2. The van der Waals surface area contributed by atoms with Gasteiger partial charge in [-0.25, -0.2) is 9.13 Å². The second-order valence-corrected chi connectivity index (χ2v) is 19.2. The van der Waals surface area contributed by atoms with Gasteiger partial charge < -0.3 is 24.7 Å². The molecule has 0 aliphatic carbocycles. The summed E-state index contributed by atoms with van der Waals surface area (Å²) < 4.78 is 22.2. The third-order valence-electron chi connectivity index (χ3n) is 7.46. The SMILES string of the molecule is CC(C)(C)c1ccc(C(O)(c2ccc(C(C)(C)C)cc2C(C)(C)C)C(C)(C)C)c(C(C)(C)C)c1.O=P(O)(O)OP(=O)(O)O. The van der Waals surface area contributed by atoms with Crippen LogP contribution >= 0.6 is 15.6 Å². The zero-order valence-electron chi connectivity index (χ0n) is 28.8. The number of hydrogen-bond donors (Lipinski definition) is 5. The number of phosphoric acid groups is 2. The lowest BCUT2D eigenvalue weighted by atomic mass is 9.61. The molecule has 0 amide bonds. The molecule has 8 nitrogen and oxygen atoms in total. The fourth-order valence-electron chi connectivity index (χ4n) is 4.99. The first kappa shape index (κ1) is 39.7. The summed E-state index contributed by atoms with van der Waals surface area (Å²) in [6.45, 7) is 33.6. The largest absolute Gasteiger partial charge is 0.478 e. The first-order chi connectivity index (χ1) is 18.6. The van der Waals surface area contributed by atoms with Crippen LogP contribution in [0.15, 0.2) is 36.4 Å². The summed E-state index contributed by atoms with van der Waals surface area (Å²) in [6.07, 6.45) is 0. The lowest BCUT2D eigenvalue weighted by Gasteiger charge is -2.46. The summed E-state index contributed by atoms with van der Waals surface area (Å²) in [7, 11) is -10.1. The highest BCUT2D eigenvalue weighted by Crippen LogP contribution is 2.54. The van der Waals surface area contributed by atoms with E-state index >= 15 is 0 Å². The van der Waals surface area contributed by atoms with Crippen molar-refractivity contribution in [2.24, 2.45) is 5.41 Å². The van der Waals surface area contributed by atoms with Crippen LogP contribution in [0.4, 0.5) is 0 Å². The van der Waals surface area contributed by atoms with Crippen molar-refractivity contribution in [2.45, 2.75) is 131 Å². The maximum atomic E-state index is 13.0. The van der Waals surface area contributed by atoms with Gasteiger partial charge in [0.15, 0.2) is 0 Å². The highest BCUT2D eigenvalue weighted by molar-refractivity contribution is 7.60. The molecule has 0 radical (unpaired) electrons. The van der Waals surface area contributed by atoms with Crippen molar-refractivity contribution in [2.75, 3.05) is 0 Å². The van der Waals surface area contributed by atoms with E-state index in [1.165, 1.54) is 22.3 Å². The summed E-state index contributed by atoms with van der Waals surface area (Å²) in [6, 6.07) is 13.5. The van der Waals surface area contributed by atoms with Crippen LogP contribution in [0.3, 0.4) is 0 Å². The van der Waals surface area contributed by atoms with E-state index in [9.17, 15) is 14.2 Å². The zero-order valence-corrected chi connectivity index (χ0v) is 30.6. The van der Waals surface area contributed by atoms with Gasteiger partial charge in [-0.15, -0.1) is 0 Å². The normalized spacial score (nSPS) is 14.3.